The first-order chi connectivity index (χ1) is 10.9. The third kappa shape index (κ3) is 3.29. The summed E-state index contributed by atoms with van der Waals surface area (Å²) in [7, 11) is 0. The van der Waals surface area contributed by atoms with Crippen LogP contribution in [0.25, 0.3) is 10.7 Å². The van der Waals surface area contributed by atoms with Gasteiger partial charge < -0.3 is 5.32 Å². The van der Waals surface area contributed by atoms with Crippen LogP contribution in [0.5, 0.6) is 0 Å². The quantitative estimate of drug-likeness (QED) is 0.781. The SMILES string of the molecule is Cc1cc(Nc2ncsc2-c2ncccn2)c(C(F)(F)F)cn1. The highest BCUT2D eigenvalue weighted by atomic mass is 32.1. The lowest BCUT2D eigenvalue weighted by Gasteiger charge is -2.14. The maximum Gasteiger partial charge on any atom is 0.419 e. The van der Waals surface area contributed by atoms with Crippen LogP contribution < -0.4 is 5.32 Å². The number of aryl methyl sites for hydroxylation is 1. The number of nitrogens with one attached hydrogen (secondary N) is 1. The van der Waals surface area contributed by atoms with Gasteiger partial charge in [0.2, 0.25) is 0 Å². The Bertz CT molecular complexity index is 817. The van der Waals surface area contributed by atoms with E-state index in [1.165, 1.54) is 22.9 Å². The molecular formula is C14H10F3N5S. The van der Waals surface area contributed by atoms with E-state index >= 15 is 0 Å². The van der Waals surface area contributed by atoms with Crippen LogP contribution in [0.1, 0.15) is 11.3 Å². The van der Waals surface area contributed by atoms with Crippen molar-refractivity contribution < 1.29 is 13.2 Å². The zero-order chi connectivity index (χ0) is 16.4. The molecule has 9 heteroatoms. The van der Waals surface area contributed by atoms with Gasteiger partial charge in [-0.3, -0.25) is 4.98 Å². The number of thiazole rings is 1. The molecule has 0 saturated heterocycles. The Hall–Kier alpha value is -2.55. The van der Waals surface area contributed by atoms with Gasteiger partial charge in [-0.2, -0.15) is 13.2 Å². The molecule has 0 aliphatic heterocycles. The molecule has 3 heterocycles. The Morgan fingerprint density at radius 3 is 2.52 bits per heavy atom. The van der Waals surface area contributed by atoms with Gasteiger partial charge >= 0.3 is 6.18 Å². The summed E-state index contributed by atoms with van der Waals surface area (Å²) in [5.74, 6) is 0.675. The summed E-state index contributed by atoms with van der Waals surface area (Å²) in [6, 6.07) is 2.99. The topological polar surface area (TPSA) is 63.6 Å². The third-order valence-electron chi connectivity index (χ3n) is 2.94. The van der Waals surface area contributed by atoms with E-state index in [4.69, 9.17) is 0 Å². The minimum atomic E-state index is -4.51. The molecule has 0 spiro atoms. The van der Waals surface area contributed by atoms with E-state index in [-0.39, 0.29) is 11.5 Å². The largest absolute Gasteiger partial charge is 0.419 e. The summed E-state index contributed by atoms with van der Waals surface area (Å²) >= 11 is 1.24. The molecule has 0 unspecified atom stereocenters. The smallest absolute Gasteiger partial charge is 0.338 e. The van der Waals surface area contributed by atoms with Gasteiger partial charge in [0.05, 0.1) is 16.8 Å². The molecule has 3 aromatic rings. The lowest BCUT2D eigenvalue weighted by atomic mass is 10.2. The third-order valence-corrected chi connectivity index (χ3v) is 3.76. The van der Waals surface area contributed by atoms with Crippen LogP contribution in [-0.2, 0) is 6.18 Å². The van der Waals surface area contributed by atoms with Gasteiger partial charge in [0.1, 0.15) is 4.88 Å². The van der Waals surface area contributed by atoms with E-state index in [1.54, 1.807) is 25.4 Å². The molecule has 1 N–H and O–H groups in total. The molecule has 0 fully saturated rings. The second-order valence-corrected chi connectivity index (χ2v) is 5.45. The molecule has 118 valence electrons. The molecule has 0 bridgehead atoms. The van der Waals surface area contributed by atoms with E-state index < -0.39 is 11.7 Å². The average molecular weight is 337 g/mol. The summed E-state index contributed by atoms with van der Waals surface area (Å²) in [5.41, 5.74) is 1.03. The maximum atomic E-state index is 13.1. The second kappa shape index (κ2) is 5.92. The van der Waals surface area contributed by atoms with Crippen molar-refractivity contribution >= 4 is 22.8 Å². The first-order valence-corrected chi connectivity index (χ1v) is 7.35. The number of hydrogen-bond acceptors (Lipinski definition) is 6. The van der Waals surface area contributed by atoms with Gasteiger partial charge in [-0.15, -0.1) is 11.3 Å². The predicted octanol–water partition coefficient (Wildman–Crippen LogP) is 4.07. The highest BCUT2D eigenvalue weighted by Crippen LogP contribution is 2.37. The summed E-state index contributed by atoms with van der Waals surface area (Å²) in [6.07, 6.45) is -0.585. The Morgan fingerprint density at radius 1 is 1.09 bits per heavy atom. The van der Waals surface area contributed by atoms with Crippen molar-refractivity contribution in [3.8, 4) is 10.7 Å². The highest BCUT2D eigenvalue weighted by Gasteiger charge is 2.34. The standard InChI is InChI=1S/C14H10F3N5S/c1-8-5-10(9(6-20-8)14(15,16)17)22-13-11(23-7-21-13)12-18-3-2-4-19-12/h2-7H,1H3,(H,20,22). The average Bonchev–Trinajstić information content (AvgIpc) is 2.95. The minimum absolute atomic E-state index is 0.104. The molecule has 0 amide bonds. The summed E-state index contributed by atoms with van der Waals surface area (Å²) in [5, 5.41) is 2.73. The van der Waals surface area contributed by atoms with Crippen molar-refractivity contribution in [2.75, 3.05) is 5.32 Å². The lowest BCUT2D eigenvalue weighted by Crippen LogP contribution is -2.10. The Labute approximate surface area is 133 Å². The number of aromatic nitrogens is 4. The molecule has 0 aliphatic rings. The van der Waals surface area contributed by atoms with Crippen molar-refractivity contribution in [3.05, 3.63) is 47.5 Å². The number of alkyl halides is 3. The second-order valence-electron chi connectivity index (χ2n) is 4.60. The molecule has 0 saturated carbocycles. The molecule has 3 aromatic heterocycles. The van der Waals surface area contributed by atoms with Crippen molar-refractivity contribution in [1.29, 1.82) is 0 Å². The Morgan fingerprint density at radius 2 is 1.83 bits per heavy atom. The molecule has 0 atom stereocenters. The van der Waals surface area contributed by atoms with Crippen LogP contribution in [0.2, 0.25) is 0 Å². The van der Waals surface area contributed by atoms with Crippen molar-refractivity contribution in [2.45, 2.75) is 13.1 Å². The number of hydrogen-bond donors (Lipinski definition) is 1. The monoisotopic (exact) mass is 337 g/mol. The summed E-state index contributed by atoms with van der Waals surface area (Å²) < 4.78 is 39.3. The lowest BCUT2D eigenvalue weighted by molar-refractivity contribution is -0.137. The van der Waals surface area contributed by atoms with Crippen LogP contribution in [0.4, 0.5) is 24.7 Å². The van der Waals surface area contributed by atoms with Crippen LogP contribution in [-0.4, -0.2) is 19.9 Å². The zero-order valence-corrected chi connectivity index (χ0v) is 12.6. The fraction of sp³-hybridized carbons (Fsp3) is 0.143. The molecule has 23 heavy (non-hydrogen) atoms. The van der Waals surface area contributed by atoms with Gasteiger partial charge in [-0.1, -0.05) is 0 Å². The van der Waals surface area contributed by atoms with Gasteiger partial charge in [0.25, 0.3) is 0 Å². The summed E-state index contributed by atoms with van der Waals surface area (Å²) in [6.45, 7) is 1.62. The molecule has 3 rings (SSSR count). The van der Waals surface area contributed by atoms with Crippen LogP contribution in [0, 0.1) is 6.92 Å². The highest BCUT2D eigenvalue weighted by molar-refractivity contribution is 7.13. The number of anilines is 2. The summed E-state index contributed by atoms with van der Waals surface area (Å²) in [4.78, 5) is 16.6. The van der Waals surface area contributed by atoms with Crippen LogP contribution >= 0.6 is 11.3 Å². The Kier molecular flexibility index (Phi) is 3.95. The van der Waals surface area contributed by atoms with Gasteiger partial charge in [0.15, 0.2) is 11.6 Å². The van der Waals surface area contributed by atoms with E-state index in [9.17, 15) is 13.2 Å². The van der Waals surface area contributed by atoms with Gasteiger partial charge in [0, 0.05) is 24.3 Å². The first-order valence-electron chi connectivity index (χ1n) is 6.47. The molecule has 0 radical (unpaired) electrons. The Balaban J connectivity index is 2.02. The molecule has 0 aliphatic carbocycles. The van der Waals surface area contributed by atoms with Crippen LogP contribution in [0.3, 0.4) is 0 Å². The van der Waals surface area contributed by atoms with E-state index in [0.29, 0.717) is 16.4 Å². The normalized spacial score (nSPS) is 11.5. The number of nitrogens with zero attached hydrogens (tertiary/aromatic N) is 4. The van der Waals surface area contributed by atoms with Crippen molar-refractivity contribution in [2.24, 2.45) is 0 Å². The first kappa shape index (κ1) is 15.3. The van der Waals surface area contributed by atoms with Gasteiger partial charge in [-0.25, -0.2) is 15.0 Å². The number of halogens is 3. The fourth-order valence-corrected chi connectivity index (χ4v) is 2.62. The van der Waals surface area contributed by atoms with Crippen molar-refractivity contribution in [1.82, 2.24) is 19.9 Å². The van der Waals surface area contributed by atoms with E-state index in [0.717, 1.165) is 6.20 Å². The van der Waals surface area contributed by atoms with Gasteiger partial charge in [-0.05, 0) is 19.1 Å². The van der Waals surface area contributed by atoms with E-state index in [1.807, 2.05) is 0 Å². The zero-order valence-electron chi connectivity index (χ0n) is 11.8. The molecule has 5 nitrogen and oxygen atoms in total. The molecule has 0 aromatic carbocycles. The predicted molar refractivity (Wildman–Crippen MR) is 80.4 cm³/mol. The fourth-order valence-electron chi connectivity index (χ4n) is 1.93. The number of pyridine rings is 1. The van der Waals surface area contributed by atoms with Crippen molar-refractivity contribution in [3.63, 3.8) is 0 Å². The molecular weight excluding hydrogens is 327 g/mol. The van der Waals surface area contributed by atoms with Crippen LogP contribution in [0.15, 0.2) is 36.2 Å². The maximum absolute atomic E-state index is 13.1. The minimum Gasteiger partial charge on any atom is -0.338 e. The number of rotatable bonds is 3. The van der Waals surface area contributed by atoms with E-state index in [2.05, 4.69) is 25.3 Å².